The summed E-state index contributed by atoms with van der Waals surface area (Å²) in [7, 11) is 0. The number of fused-ring (bicyclic) bond motifs is 1. The highest BCUT2D eigenvalue weighted by Gasteiger charge is 2.16. The number of hydrogen-bond acceptors (Lipinski definition) is 4. The molecule has 0 aliphatic rings. The number of nitrogens with one attached hydrogen (secondary N) is 2. The van der Waals surface area contributed by atoms with E-state index in [1.807, 2.05) is 6.07 Å². The Morgan fingerprint density at radius 1 is 0.917 bits per heavy atom. The topological polar surface area (TPSA) is 93.1 Å². The zero-order chi connectivity index (χ0) is 25.5. The van der Waals surface area contributed by atoms with Crippen LogP contribution in [0.3, 0.4) is 0 Å². The van der Waals surface area contributed by atoms with E-state index in [0.29, 0.717) is 23.0 Å². The minimum absolute atomic E-state index is 0.188. The van der Waals surface area contributed by atoms with Gasteiger partial charge in [-0.05, 0) is 48.4 Å². The van der Waals surface area contributed by atoms with Crippen molar-refractivity contribution >= 4 is 28.3 Å². The first-order chi connectivity index (χ1) is 17.5. The second-order valence-corrected chi connectivity index (χ2v) is 8.48. The van der Waals surface area contributed by atoms with Gasteiger partial charge in [-0.3, -0.25) is 14.4 Å². The first-order valence-electron chi connectivity index (χ1n) is 11.9. The molecule has 3 aromatic carbocycles. The van der Waals surface area contributed by atoms with Gasteiger partial charge in [-0.1, -0.05) is 56.2 Å². The number of aryl methyl sites for hydroxylation is 1. The van der Waals surface area contributed by atoms with E-state index >= 15 is 0 Å². The lowest BCUT2D eigenvalue weighted by atomic mass is 10.1. The van der Waals surface area contributed by atoms with Gasteiger partial charge in [-0.15, -0.1) is 0 Å². The fraction of sp³-hybridized carbons (Fsp3) is 0.214. The molecule has 0 saturated carbocycles. The maximum absolute atomic E-state index is 13.4. The third-order valence-corrected chi connectivity index (χ3v) is 5.78. The van der Waals surface area contributed by atoms with Crippen molar-refractivity contribution in [2.75, 3.05) is 5.32 Å². The smallest absolute Gasteiger partial charge is 0.274 e. The average Bonchev–Trinajstić information content (AvgIpc) is 2.89. The van der Waals surface area contributed by atoms with E-state index in [9.17, 15) is 18.8 Å². The summed E-state index contributed by atoms with van der Waals surface area (Å²) in [6.45, 7) is 2.72. The molecule has 1 aromatic heterocycles. The summed E-state index contributed by atoms with van der Waals surface area (Å²) in [6, 6.07) is 19.4. The molecule has 4 rings (SSSR count). The molecule has 0 radical (unpaired) electrons. The minimum atomic E-state index is -0.489. The van der Waals surface area contributed by atoms with E-state index in [1.54, 1.807) is 42.5 Å². The summed E-state index contributed by atoms with van der Waals surface area (Å²) in [5, 5.41) is 10.9. The molecule has 0 atom stereocenters. The van der Waals surface area contributed by atoms with Crippen LogP contribution in [0.15, 0.2) is 77.6 Å². The number of carbonyl (C=O) groups is 2. The normalized spacial score (nSPS) is 10.8. The third kappa shape index (κ3) is 5.83. The standard InChI is InChI=1S/C28H27FN4O3/c1-2-3-6-15-33-28(36)24-14-5-4-13-23(24)25(32-33)27(35)30-18-19-9-7-12-22(16-19)31-26(34)20-10-8-11-21(29)17-20/h4-5,7-14,16-17H,2-3,6,15,18H2,1H3,(H,30,35)(H,31,34). The van der Waals surface area contributed by atoms with Gasteiger partial charge in [0.1, 0.15) is 5.82 Å². The van der Waals surface area contributed by atoms with Gasteiger partial charge in [-0.25, -0.2) is 9.07 Å². The van der Waals surface area contributed by atoms with Gasteiger partial charge in [0, 0.05) is 29.7 Å². The Hall–Kier alpha value is -4.33. The zero-order valence-electron chi connectivity index (χ0n) is 20.0. The monoisotopic (exact) mass is 486 g/mol. The molecule has 0 spiro atoms. The molecule has 4 aromatic rings. The van der Waals surface area contributed by atoms with Crippen LogP contribution in [0.1, 0.15) is 52.6 Å². The summed E-state index contributed by atoms with van der Waals surface area (Å²) in [5.41, 5.74) is 1.46. The van der Waals surface area contributed by atoms with Crippen molar-refractivity contribution in [3.63, 3.8) is 0 Å². The molecular formula is C28H27FN4O3. The third-order valence-electron chi connectivity index (χ3n) is 5.78. The fourth-order valence-corrected chi connectivity index (χ4v) is 3.92. The summed E-state index contributed by atoms with van der Waals surface area (Å²) in [4.78, 5) is 38.4. The Morgan fingerprint density at radius 2 is 1.69 bits per heavy atom. The van der Waals surface area contributed by atoms with Crippen molar-refractivity contribution < 1.29 is 14.0 Å². The molecule has 0 saturated heterocycles. The number of unbranched alkanes of at least 4 members (excludes halogenated alkanes) is 2. The van der Waals surface area contributed by atoms with Crippen LogP contribution in [0.2, 0.25) is 0 Å². The van der Waals surface area contributed by atoms with Crippen molar-refractivity contribution in [3.8, 4) is 0 Å². The summed E-state index contributed by atoms with van der Waals surface area (Å²) in [5.74, 6) is -1.32. The van der Waals surface area contributed by atoms with Crippen LogP contribution >= 0.6 is 0 Å². The molecule has 7 nitrogen and oxygen atoms in total. The molecule has 0 fully saturated rings. The highest BCUT2D eigenvalue weighted by molar-refractivity contribution is 6.05. The van der Waals surface area contributed by atoms with Crippen molar-refractivity contribution in [2.24, 2.45) is 0 Å². The molecular weight excluding hydrogens is 459 g/mol. The van der Waals surface area contributed by atoms with Crippen LogP contribution in [-0.2, 0) is 13.1 Å². The van der Waals surface area contributed by atoms with E-state index in [2.05, 4.69) is 22.7 Å². The Balaban J connectivity index is 1.50. The van der Waals surface area contributed by atoms with Gasteiger partial charge in [0.05, 0.1) is 5.39 Å². The zero-order valence-corrected chi connectivity index (χ0v) is 20.0. The predicted octanol–water partition coefficient (Wildman–Crippen LogP) is 4.91. The van der Waals surface area contributed by atoms with E-state index in [4.69, 9.17) is 0 Å². The predicted molar refractivity (Wildman–Crippen MR) is 137 cm³/mol. The first kappa shape index (κ1) is 24.8. The van der Waals surface area contributed by atoms with Crippen molar-refractivity contribution in [3.05, 3.63) is 106 Å². The molecule has 8 heteroatoms. The second kappa shape index (κ2) is 11.4. The number of nitrogens with zero attached hydrogens (tertiary/aromatic N) is 2. The molecule has 0 unspecified atom stereocenters. The highest BCUT2D eigenvalue weighted by atomic mass is 19.1. The van der Waals surface area contributed by atoms with Crippen LogP contribution in [0, 0.1) is 5.82 Å². The van der Waals surface area contributed by atoms with E-state index in [1.165, 1.54) is 28.9 Å². The quantitative estimate of drug-likeness (QED) is 0.329. The summed E-state index contributed by atoms with van der Waals surface area (Å²) in [6.07, 6.45) is 2.78. The van der Waals surface area contributed by atoms with Gasteiger partial charge in [0.25, 0.3) is 17.4 Å². The fourth-order valence-electron chi connectivity index (χ4n) is 3.92. The van der Waals surface area contributed by atoms with Gasteiger partial charge in [0.2, 0.25) is 0 Å². The number of amides is 2. The van der Waals surface area contributed by atoms with Crippen LogP contribution in [0.5, 0.6) is 0 Å². The number of aromatic nitrogens is 2. The molecule has 2 N–H and O–H groups in total. The Bertz CT molecular complexity index is 1460. The van der Waals surface area contributed by atoms with Gasteiger partial charge >= 0.3 is 0 Å². The van der Waals surface area contributed by atoms with Crippen molar-refractivity contribution in [1.82, 2.24) is 15.1 Å². The van der Waals surface area contributed by atoms with Crippen LogP contribution in [0.25, 0.3) is 10.8 Å². The highest BCUT2D eigenvalue weighted by Crippen LogP contribution is 2.16. The van der Waals surface area contributed by atoms with Crippen LogP contribution in [-0.4, -0.2) is 21.6 Å². The number of anilines is 1. The minimum Gasteiger partial charge on any atom is -0.347 e. The second-order valence-electron chi connectivity index (χ2n) is 8.48. The maximum Gasteiger partial charge on any atom is 0.274 e. The first-order valence-corrected chi connectivity index (χ1v) is 11.9. The maximum atomic E-state index is 13.4. The molecule has 0 aliphatic carbocycles. The molecule has 0 bridgehead atoms. The molecule has 184 valence electrons. The Morgan fingerprint density at radius 3 is 2.47 bits per heavy atom. The Labute approximate surface area is 208 Å². The van der Waals surface area contributed by atoms with E-state index < -0.39 is 17.6 Å². The molecule has 36 heavy (non-hydrogen) atoms. The molecule has 0 aliphatic heterocycles. The van der Waals surface area contributed by atoms with Crippen molar-refractivity contribution in [2.45, 2.75) is 39.3 Å². The van der Waals surface area contributed by atoms with Crippen LogP contribution in [0.4, 0.5) is 10.1 Å². The lowest BCUT2D eigenvalue weighted by Crippen LogP contribution is -2.30. The average molecular weight is 487 g/mol. The molecule has 1 heterocycles. The number of halogens is 1. The van der Waals surface area contributed by atoms with Crippen molar-refractivity contribution in [1.29, 1.82) is 0 Å². The Kier molecular flexibility index (Phi) is 7.85. The van der Waals surface area contributed by atoms with Gasteiger partial charge in [0.15, 0.2) is 5.69 Å². The lowest BCUT2D eigenvalue weighted by Gasteiger charge is -2.12. The molecule has 2 amide bonds. The lowest BCUT2D eigenvalue weighted by molar-refractivity contribution is 0.0944. The van der Waals surface area contributed by atoms with Gasteiger partial charge < -0.3 is 10.6 Å². The van der Waals surface area contributed by atoms with E-state index in [0.717, 1.165) is 24.8 Å². The number of benzene rings is 3. The van der Waals surface area contributed by atoms with E-state index in [-0.39, 0.29) is 23.4 Å². The number of carbonyl (C=O) groups excluding carboxylic acids is 2. The van der Waals surface area contributed by atoms with Crippen LogP contribution < -0.4 is 16.2 Å². The summed E-state index contributed by atoms with van der Waals surface area (Å²) < 4.78 is 14.8. The SMILES string of the molecule is CCCCCn1nc(C(=O)NCc2cccc(NC(=O)c3cccc(F)c3)c2)c2ccccc2c1=O. The summed E-state index contributed by atoms with van der Waals surface area (Å²) >= 11 is 0. The number of hydrogen-bond donors (Lipinski definition) is 2. The largest absolute Gasteiger partial charge is 0.347 e. The van der Waals surface area contributed by atoms with Gasteiger partial charge in [-0.2, -0.15) is 5.10 Å². The number of rotatable bonds is 9.